The SMILES string of the molecule is Cc1ccc2c(Nc3cc(N(C)Cc4ccc(Sc5ccc(N)cc5)c(Nc5ncnc6nc(C)ccc56)c4)ccc3Sc3ccc(N)cc3)ccnc2n1. The van der Waals surface area contributed by atoms with Crippen LogP contribution in [0.25, 0.3) is 22.1 Å². The number of rotatable bonds is 11. The van der Waals surface area contributed by atoms with Crippen LogP contribution in [0.1, 0.15) is 17.0 Å². The van der Waals surface area contributed by atoms with E-state index in [2.05, 4.69) is 90.0 Å². The molecule has 0 spiro atoms. The Balaban J connectivity index is 1.12. The van der Waals surface area contributed by atoms with E-state index < -0.39 is 0 Å². The predicted molar refractivity (Wildman–Crippen MR) is 228 cm³/mol. The van der Waals surface area contributed by atoms with Gasteiger partial charge in [0, 0.05) is 73.2 Å². The Morgan fingerprint density at radius 3 is 1.85 bits per heavy atom. The fourth-order valence-corrected chi connectivity index (χ4v) is 7.90. The molecule has 8 rings (SSSR count). The lowest BCUT2D eigenvalue weighted by Crippen LogP contribution is -2.16. The van der Waals surface area contributed by atoms with Crippen molar-refractivity contribution in [2.24, 2.45) is 0 Å². The molecule has 0 aliphatic heterocycles. The number of hydrogen-bond acceptors (Lipinski definition) is 12. The number of pyridine rings is 3. The Kier molecular flexibility index (Phi) is 10.1. The second-order valence-electron chi connectivity index (χ2n) is 13.2. The molecule has 10 nitrogen and oxygen atoms in total. The van der Waals surface area contributed by atoms with Gasteiger partial charge in [-0.15, -0.1) is 0 Å². The lowest BCUT2D eigenvalue weighted by atomic mass is 10.1. The van der Waals surface area contributed by atoms with Crippen molar-refractivity contribution in [1.29, 1.82) is 0 Å². The van der Waals surface area contributed by atoms with Crippen molar-refractivity contribution in [3.8, 4) is 0 Å². The molecule has 0 bridgehead atoms. The van der Waals surface area contributed by atoms with Crippen LogP contribution >= 0.6 is 23.5 Å². The lowest BCUT2D eigenvalue weighted by molar-refractivity contribution is 0.921. The number of nitrogens with one attached hydrogen (secondary N) is 2. The number of aromatic nitrogens is 5. The fraction of sp³-hybridized carbons (Fsp3) is 0.0930. The lowest BCUT2D eigenvalue weighted by Gasteiger charge is -2.23. The Morgan fingerprint density at radius 2 is 1.18 bits per heavy atom. The number of fused-ring (bicyclic) bond motifs is 2. The topological polar surface area (TPSA) is 144 Å². The van der Waals surface area contributed by atoms with E-state index in [9.17, 15) is 0 Å². The highest BCUT2D eigenvalue weighted by Gasteiger charge is 2.15. The summed E-state index contributed by atoms with van der Waals surface area (Å²) in [5, 5.41) is 9.15. The van der Waals surface area contributed by atoms with Crippen LogP contribution in [0, 0.1) is 13.8 Å². The van der Waals surface area contributed by atoms with Gasteiger partial charge in [0.2, 0.25) is 0 Å². The molecular weight excluding hydrogens is 721 g/mol. The van der Waals surface area contributed by atoms with Crippen LogP contribution in [0.15, 0.2) is 147 Å². The monoisotopic (exact) mass is 758 g/mol. The number of hydrogen-bond donors (Lipinski definition) is 4. The van der Waals surface area contributed by atoms with Gasteiger partial charge in [-0.3, -0.25) is 0 Å². The minimum Gasteiger partial charge on any atom is -0.399 e. The fourth-order valence-electron chi connectivity index (χ4n) is 6.14. The second kappa shape index (κ2) is 15.5. The summed E-state index contributed by atoms with van der Waals surface area (Å²) in [6, 6.07) is 38.9. The van der Waals surface area contributed by atoms with Gasteiger partial charge in [0.15, 0.2) is 11.3 Å². The molecule has 4 aromatic heterocycles. The molecular formula is C43H38N10S2. The average Bonchev–Trinajstić information content (AvgIpc) is 3.18. The maximum atomic E-state index is 6.00. The first-order valence-corrected chi connectivity index (χ1v) is 19.3. The van der Waals surface area contributed by atoms with E-state index in [1.54, 1.807) is 36.0 Å². The van der Waals surface area contributed by atoms with Gasteiger partial charge in [-0.05, 0) is 129 Å². The Morgan fingerprint density at radius 1 is 0.582 bits per heavy atom. The van der Waals surface area contributed by atoms with Crippen molar-refractivity contribution in [2.45, 2.75) is 40.0 Å². The van der Waals surface area contributed by atoms with Gasteiger partial charge < -0.3 is 27.0 Å². The summed E-state index contributed by atoms with van der Waals surface area (Å²) >= 11 is 3.35. The zero-order chi connectivity index (χ0) is 37.9. The number of nitrogens with two attached hydrogens (primary N) is 2. The molecule has 12 heteroatoms. The van der Waals surface area contributed by atoms with Crippen LogP contribution in [0.5, 0.6) is 0 Å². The molecule has 4 heterocycles. The van der Waals surface area contributed by atoms with E-state index in [4.69, 9.17) is 11.5 Å². The highest BCUT2D eigenvalue weighted by Crippen LogP contribution is 2.40. The van der Waals surface area contributed by atoms with Crippen molar-refractivity contribution in [2.75, 3.05) is 34.0 Å². The molecule has 0 saturated heterocycles. The largest absolute Gasteiger partial charge is 0.399 e. The molecule has 0 fully saturated rings. The van der Waals surface area contributed by atoms with Gasteiger partial charge in [-0.1, -0.05) is 29.6 Å². The van der Waals surface area contributed by atoms with E-state index >= 15 is 0 Å². The molecule has 0 unspecified atom stereocenters. The summed E-state index contributed by atoms with van der Waals surface area (Å²) < 4.78 is 0. The maximum absolute atomic E-state index is 6.00. The van der Waals surface area contributed by atoms with Crippen LogP contribution in [0.4, 0.5) is 39.9 Å². The van der Waals surface area contributed by atoms with E-state index in [0.717, 1.165) is 81.4 Å². The minimum absolute atomic E-state index is 0.648. The van der Waals surface area contributed by atoms with Crippen LogP contribution < -0.4 is 27.0 Å². The molecule has 4 aromatic carbocycles. The first-order chi connectivity index (χ1) is 26.7. The smallest absolute Gasteiger partial charge is 0.164 e. The minimum atomic E-state index is 0.648. The molecule has 6 N–H and O–H groups in total. The molecule has 0 atom stereocenters. The van der Waals surface area contributed by atoms with Crippen LogP contribution in [-0.4, -0.2) is 32.0 Å². The summed E-state index contributed by atoms with van der Waals surface area (Å²) in [6.07, 6.45) is 3.34. The molecule has 272 valence electrons. The van der Waals surface area contributed by atoms with Gasteiger partial charge in [0.05, 0.1) is 22.4 Å². The van der Waals surface area contributed by atoms with Crippen molar-refractivity contribution in [3.05, 3.63) is 145 Å². The normalized spacial score (nSPS) is 11.2. The number of anilines is 7. The Hall–Kier alpha value is -6.37. The quantitative estimate of drug-likeness (QED) is 0.0932. The third-order valence-corrected chi connectivity index (χ3v) is 11.2. The maximum Gasteiger partial charge on any atom is 0.164 e. The molecule has 55 heavy (non-hydrogen) atoms. The zero-order valence-corrected chi connectivity index (χ0v) is 32.1. The Labute approximate surface area is 327 Å². The number of benzene rings is 4. The van der Waals surface area contributed by atoms with Crippen molar-refractivity contribution in [1.82, 2.24) is 24.9 Å². The zero-order valence-electron chi connectivity index (χ0n) is 30.5. The molecule has 0 radical (unpaired) electrons. The van der Waals surface area contributed by atoms with Crippen LogP contribution in [0.3, 0.4) is 0 Å². The number of nitrogen functional groups attached to an aromatic ring is 2. The molecule has 8 aromatic rings. The third-order valence-electron chi connectivity index (χ3n) is 8.98. The summed E-state index contributed by atoms with van der Waals surface area (Å²) in [5.41, 5.74) is 21.6. The van der Waals surface area contributed by atoms with Crippen molar-refractivity contribution in [3.63, 3.8) is 0 Å². The van der Waals surface area contributed by atoms with Gasteiger partial charge in [0.25, 0.3) is 0 Å². The first-order valence-electron chi connectivity index (χ1n) is 17.6. The van der Waals surface area contributed by atoms with Crippen molar-refractivity contribution < 1.29 is 0 Å². The summed E-state index contributed by atoms with van der Waals surface area (Å²) in [7, 11) is 2.11. The molecule has 0 amide bonds. The predicted octanol–water partition coefficient (Wildman–Crippen LogP) is 10.2. The third kappa shape index (κ3) is 8.25. The van der Waals surface area contributed by atoms with Gasteiger partial charge in [-0.2, -0.15) is 0 Å². The van der Waals surface area contributed by atoms with Crippen molar-refractivity contribution >= 4 is 85.5 Å². The number of aryl methyl sites for hydroxylation is 2. The standard InChI is InChI=1S/C43H38N10S2/c1-26-4-16-34-36(20-21-46-41(34)49-26)51-38-23-31(11-19-40(38)55-33-14-9-30(45)10-15-33)53(3)24-28-6-18-39(54-32-12-7-29(44)8-13-32)37(22-28)52-43-35-17-5-27(2)50-42(35)47-25-48-43/h4-23,25H,24,44-45H2,1-3H3,(H,46,49,51)(H,47,48,50,52). The van der Waals surface area contributed by atoms with Crippen LogP contribution in [0.2, 0.25) is 0 Å². The number of nitrogens with zero attached hydrogens (tertiary/aromatic N) is 6. The summed E-state index contributed by atoms with van der Waals surface area (Å²) in [4.78, 5) is 29.4. The average molecular weight is 759 g/mol. The first kappa shape index (κ1) is 35.6. The van der Waals surface area contributed by atoms with E-state index in [1.807, 2.05) is 86.6 Å². The van der Waals surface area contributed by atoms with Gasteiger partial charge in [-0.25, -0.2) is 24.9 Å². The summed E-state index contributed by atoms with van der Waals surface area (Å²) in [6.45, 7) is 4.59. The summed E-state index contributed by atoms with van der Waals surface area (Å²) in [5.74, 6) is 0.695. The van der Waals surface area contributed by atoms with Gasteiger partial charge >= 0.3 is 0 Å². The molecule has 0 aliphatic carbocycles. The Bertz CT molecular complexity index is 2650. The highest BCUT2D eigenvalue weighted by molar-refractivity contribution is 7.99. The van der Waals surface area contributed by atoms with E-state index in [-0.39, 0.29) is 0 Å². The van der Waals surface area contributed by atoms with E-state index in [1.165, 1.54) is 0 Å². The molecule has 0 saturated carbocycles. The second-order valence-corrected chi connectivity index (χ2v) is 15.4. The van der Waals surface area contributed by atoms with E-state index in [0.29, 0.717) is 23.7 Å². The highest BCUT2D eigenvalue weighted by atomic mass is 32.2. The van der Waals surface area contributed by atoms with Crippen LogP contribution in [-0.2, 0) is 6.54 Å². The molecule has 0 aliphatic rings. The van der Waals surface area contributed by atoms with Gasteiger partial charge in [0.1, 0.15) is 12.1 Å².